The zero-order chi connectivity index (χ0) is 14.8. The summed E-state index contributed by atoms with van der Waals surface area (Å²) in [6.07, 6.45) is 1.72. The second-order valence-corrected chi connectivity index (χ2v) is 7.41. The quantitative estimate of drug-likeness (QED) is 0.858. The summed E-state index contributed by atoms with van der Waals surface area (Å²) in [4.78, 5) is 11.8. The predicted molar refractivity (Wildman–Crippen MR) is 75.8 cm³/mol. The van der Waals surface area contributed by atoms with Gasteiger partial charge in [0.2, 0.25) is 0 Å². The Morgan fingerprint density at radius 1 is 1.40 bits per heavy atom. The molecule has 1 unspecified atom stereocenters. The third-order valence-electron chi connectivity index (χ3n) is 2.95. The second kappa shape index (κ2) is 6.30. The first-order valence-electron chi connectivity index (χ1n) is 6.01. The van der Waals surface area contributed by atoms with Crippen molar-refractivity contribution in [2.24, 2.45) is 0 Å². The zero-order valence-corrected chi connectivity index (χ0v) is 12.8. The minimum Gasteiger partial charge on any atom is -0.379 e. The number of carbonyl (C=O) groups excluding carboxylic acids is 1. The standard InChI is InChI=1S/C12H13Cl2NO4S/c13-10-4-3-8(6-11(10)20(14,17)18)12(16)15-9-2-1-5-19-7-9/h3-4,6,9H,1-2,5,7H2,(H,15,16). The molecule has 20 heavy (non-hydrogen) atoms. The Bertz CT molecular complexity index is 612. The summed E-state index contributed by atoms with van der Waals surface area (Å²) in [6.45, 7) is 1.15. The van der Waals surface area contributed by atoms with E-state index in [1.54, 1.807) is 0 Å². The maximum Gasteiger partial charge on any atom is 0.262 e. The number of ether oxygens (including phenoxy) is 1. The number of nitrogens with one attached hydrogen (secondary N) is 1. The minimum absolute atomic E-state index is 0.0162. The summed E-state index contributed by atoms with van der Waals surface area (Å²) >= 11 is 5.76. The molecule has 1 amide bonds. The average molecular weight is 338 g/mol. The molecule has 1 heterocycles. The maximum absolute atomic E-state index is 12.1. The van der Waals surface area contributed by atoms with Gasteiger partial charge >= 0.3 is 0 Å². The fourth-order valence-electron chi connectivity index (χ4n) is 1.95. The van der Waals surface area contributed by atoms with Crippen LogP contribution >= 0.6 is 22.3 Å². The van der Waals surface area contributed by atoms with E-state index in [9.17, 15) is 13.2 Å². The van der Waals surface area contributed by atoms with Crippen molar-refractivity contribution in [2.45, 2.75) is 23.8 Å². The van der Waals surface area contributed by atoms with Crippen LogP contribution in [0.15, 0.2) is 23.1 Å². The highest BCUT2D eigenvalue weighted by Crippen LogP contribution is 2.25. The van der Waals surface area contributed by atoms with Gasteiger partial charge in [0.25, 0.3) is 15.0 Å². The lowest BCUT2D eigenvalue weighted by Crippen LogP contribution is -2.40. The van der Waals surface area contributed by atoms with Crippen molar-refractivity contribution >= 4 is 37.2 Å². The van der Waals surface area contributed by atoms with Crippen LogP contribution in [-0.2, 0) is 13.8 Å². The van der Waals surface area contributed by atoms with Gasteiger partial charge in [-0.15, -0.1) is 0 Å². The molecule has 0 saturated carbocycles. The van der Waals surface area contributed by atoms with E-state index in [4.69, 9.17) is 27.0 Å². The average Bonchev–Trinajstić information content (AvgIpc) is 2.39. The largest absolute Gasteiger partial charge is 0.379 e. The van der Waals surface area contributed by atoms with Gasteiger partial charge in [0.05, 0.1) is 17.7 Å². The van der Waals surface area contributed by atoms with Crippen LogP contribution in [-0.4, -0.2) is 33.6 Å². The molecule has 1 atom stereocenters. The van der Waals surface area contributed by atoms with Gasteiger partial charge in [-0.05, 0) is 31.0 Å². The molecular formula is C12H13Cl2NO4S. The molecule has 1 aromatic rings. The lowest BCUT2D eigenvalue weighted by atomic mass is 10.1. The first-order chi connectivity index (χ1) is 9.38. The molecule has 0 bridgehead atoms. The molecule has 0 radical (unpaired) electrons. The molecule has 1 aromatic carbocycles. The van der Waals surface area contributed by atoms with Crippen LogP contribution in [0.2, 0.25) is 5.02 Å². The lowest BCUT2D eigenvalue weighted by Gasteiger charge is -2.23. The number of hydrogen-bond donors (Lipinski definition) is 1. The van der Waals surface area contributed by atoms with Gasteiger partial charge in [0.15, 0.2) is 0 Å². The van der Waals surface area contributed by atoms with E-state index in [0.717, 1.165) is 12.8 Å². The van der Waals surface area contributed by atoms with Crippen LogP contribution in [0.25, 0.3) is 0 Å². The maximum atomic E-state index is 12.1. The third kappa shape index (κ3) is 3.85. The van der Waals surface area contributed by atoms with Gasteiger partial charge in [-0.25, -0.2) is 8.42 Å². The van der Waals surface area contributed by atoms with E-state index in [-0.39, 0.29) is 27.4 Å². The van der Waals surface area contributed by atoms with Crippen molar-refractivity contribution in [3.05, 3.63) is 28.8 Å². The molecule has 0 spiro atoms. The number of amides is 1. The summed E-state index contributed by atoms with van der Waals surface area (Å²) in [5.41, 5.74) is 0.194. The van der Waals surface area contributed by atoms with Crippen molar-refractivity contribution in [2.75, 3.05) is 13.2 Å². The molecule has 5 nitrogen and oxygen atoms in total. The number of benzene rings is 1. The lowest BCUT2D eigenvalue weighted by molar-refractivity contribution is 0.0624. The summed E-state index contributed by atoms with van der Waals surface area (Å²) in [7, 11) is 1.28. The number of halogens is 2. The van der Waals surface area contributed by atoms with Crippen LogP contribution in [0.3, 0.4) is 0 Å². The van der Waals surface area contributed by atoms with E-state index < -0.39 is 9.05 Å². The SMILES string of the molecule is O=C(NC1CCCOC1)c1ccc(Cl)c(S(=O)(=O)Cl)c1. The molecule has 8 heteroatoms. The monoisotopic (exact) mass is 337 g/mol. The van der Waals surface area contributed by atoms with Gasteiger partial charge < -0.3 is 10.1 Å². The topological polar surface area (TPSA) is 72.5 Å². The molecule has 1 aliphatic rings. The summed E-state index contributed by atoms with van der Waals surface area (Å²) in [6, 6.07) is 3.89. The zero-order valence-electron chi connectivity index (χ0n) is 10.4. The molecule has 1 aliphatic heterocycles. The first-order valence-corrected chi connectivity index (χ1v) is 8.69. The van der Waals surface area contributed by atoms with Crippen LogP contribution < -0.4 is 5.32 Å². The number of carbonyl (C=O) groups is 1. The van der Waals surface area contributed by atoms with E-state index >= 15 is 0 Å². The molecule has 110 valence electrons. The Hall–Kier alpha value is -0.820. The van der Waals surface area contributed by atoms with Crippen LogP contribution in [0.1, 0.15) is 23.2 Å². The third-order valence-corrected chi connectivity index (χ3v) is 4.76. The van der Waals surface area contributed by atoms with Crippen LogP contribution in [0, 0.1) is 0 Å². The molecule has 1 N–H and O–H groups in total. The normalized spacial score (nSPS) is 19.6. The van der Waals surface area contributed by atoms with E-state index in [0.29, 0.717) is 13.2 Å². The van der Waals surface area contributed by atoms with E-state index in [1.807, 2.05) is 0 Å². The predicted octanol–water partition coefficient (Wildman–Crippen LogP) is 2.18. The number of rotatable bonds is 3. The number of hydrogen-bond acceptors (Lipinski definition) is 4. The Morgan fingerprint density at radius 2 is 2.15 bits per heavy atom. The Labute approximate surface area is 126 Å². The molecule has 2 rings (SSSR count). The fraction of sp³-hybridized carbons (Fsp3) is 0.417. The minimum atomic E-state index is -3.99. The van der Waals surface area contributed by atoms with Crippen molar-refractivity contribution in [3.8, 4) is 0 Å². The van der Waals surface area contributed by atoms with Crippen LogP contribution in [0.5, 0.6) is 0 Å². The van der Waals surface area contributed by atoms with Crippen LogP contribution in [0.4, 0.5) is 0 Å². The summed E-state index contributed by atoms with van der Waals surface area (Å²) in [5, 5.41) is 2.77. The van der Waals surface area contributed by atoms with E-state index in [2.05, 4.69) is 5.32 Å². The fourth-order valence-corrected chi connectivity index (χ4v) is 3.45. The van der Waals surface area contributed by atoms with Gasteiger partial charge in [0, 0.05) is 22.9 Å². The smallest absolute Gasteiger partial charge is 0.262 e. The highest BCUT2D eigenvalue weighted by molar-refractivity contribution is 8.13. The van der Waals surface area contributed by atoms with Gasteiger partial charge in [-0.1, -0.05) is 11.6 Å². The van der Waals surface area contributed by atoms with Gasteiger partial charge in [-0.2, -0.15) is 0 Å². The summed E-state index contributed by atoms with van der Waals surface area (Å²) < 4.78 is 28.0. The highest BCUT2D eigenvalue weighted by Gasteiger charge is 2.20. The Morgan fingerprint density at radius 3 is 2.75 bits per heavy atom. The summed E-state index contributed by atoms with van der Waals surface area (Å²) in [5.74, 6) is -0.376. The van der Waals surface area contributed by atoms with Crippen molar-refractivity contribution in [1.82, 2.24) is 5.32 Å². The molecule has 0 aliphatic carbocycles. The molecular weight excluding hydrogens is 325 g/mol. The van der Waals surface area contributed by atoms with Crippen molar-refractivity contribution in [3.63, 3.8) is 0 Å². The second-order valence-electron chi connectivity index (χ2n) is 4.47. The first kappa shape index (κ1) is 15.6. The molecule has 1 saturated heterocycles. The molecule has 1 fully saturated rings. The van der Waals surface area contributed by atoms with Gasteiger partial charge in [0.1, 0.15) is 4.90 Å². The Balaban J connectivity index is 2.18. The van der Waals surface area contributed by atoms with Crippen molar-refractivity contribution in [1.29, 1.82) is 0 Å². The molecule has 0 aromatic heterocycles. The van der Waals surface area contributed by atoms with Gasteiger partial charge in [-0.3, -0.25) is 4.79 Å². The Kier molecular flexibility index (Phi) is 4.90. The highest BCUT2D eigenvalue weighted by atomic mass is 35.7. The van der Waals surface area contributed by atoms with E-state index in [1.165, 1.54) is 18.2 Å². The van der Waals surface area contributed by atoms with Crippen molar-refractivity contribution < 1.29 is 17.9 Å².